The maximum atomic E-state index is 5.75. The Labute approximate surface area is 93.9 Å². The topological polar surface area (TPSA) is 37.8 Å². The summed E-state index contributed by atoms with van der Waals surface area (Å²) in [6.07, 6.45) is 0.978. The Morgan fingerprint density at radius 1 is 1.36 bits per heavy atom. The zero-order valence-electron chi connectivity index (χ0n) is 8.43. The molecular weight excluding hydrogens is 221 g/mol. The molecule has 0 bridgehead atoms. The van der Waals surface area contributed by atoms with Gasteiger partial charge in [-0.05, 0) is 31.9 Å². The van der Waals surface area contributed by atoms with Gasteiger partial charge in [-0.2, -0.15) is 0 Å². The highest BCUT2D eigenvalue weighted by Gasteiger charge is 2.15. The lowest BCUT2D eigenvalue weighted by atomic mass is 10.0. The first-order valence-electron chi connectivity index (χ1n) is 4.41. The fraction of sp³-hybridized carbons (Fsp3) is 0.556. The smallest absolute Gasteiger partial charge is 0.225 e. The van der Waals surface area contributed by atoms with E-state index in [-0.39, 0.29) is 10.8 Å². The fourth-order valence-corrected chi connectivity index (χ4v) is 1.30. The van der Waals surface area contributed by atoms with Crippen LogP contribution in [0.1, 0.15) is 27.2 Å². The molecule has 0 atom stereocenters. The minimum Gasteiger partial charge on any atom is -0.365 e. The van der Waals surface area contributed by atoms with Crippen molar-refractivity contribution in [2.24, 2.45) is 0 Å². The van der Waals surface area contributed by atoms with Gasteiger partial charge in [-0.25, -0.2) is 9.97 Å². The molecular formula is C9H13Cl2N3. The lowest BCUT2D eigenvalue weighted by Crippen LogP contribution is -2.30. The van der Waals surface area contributed by atoms with E-state index in [9.17, 15) is 0 Å². The molecule has 0 aromatic carbocycles. The van der Waals surface area contributed by atoms with Crippen molar-refractivity contribution in [1.82, 2.24) is 9.97 Å². The lowest BCUT2D eigenvalue weighted by Gasteiger charge is -2.25. The standard InChI is InChI=1S/C9H13Cl2N3/c1-4-9(2,3)14-7-5-6(10)12-8(11)13-7/h5H,4H2,1-3H3,(H,12,13,14). The molecule has 0 saturated carbocycles. The summed E-state index contributed by atoms with van der Waals surface area (Å²) in [4.78, 5) is 7.80. The first-order valence-corrected chi connectivity index (χ1v) is 5.17. The summed E-state index contributed by atoms with van der Waals surface area (Å²) in [6.45, 7) is 6.26. The molecule has 0 aliphatic carbocycles. The second kappa shape index (κ2) is 4.32. The van der Waals surface area contributed by atoms with Crippen molar-refractivity contribution in [3.05, 3.63) is 16.5 Å². The first kappa shape index (κ1) is 11.5. The van der Waals surface area contributed by atoms with Gasteiger partial charge in [-0.3, -0.25) is 0 Å². The first-order chi connectivity index (χ1) is 6.43. The average Bonchev–Trinajstić information content (AvgIpc) is 2.01. The predicted octanol–water partition coefficient (Wildman–Crippen LogP) is 3.38. The normalized spacial score (nSPS) is 11.5. The van der Waals surface area contributed by atoms with Gasteiger partial charge in [0.05, 0.1) is 0 Å². The van der Waals surface area contributed by atoms with Gasteiger partial charge in [0.2, 0.25) is 5.28 Å². The largest absolute Gasteiger partial charge is 0.365 e. The third-order valence-corrected chi connectivity index (χ3v) is 2.38. The van der Waals surface area contributed by atoms with E-state index in [0.717, 1.165) is 6.42 Å². The van der Waals surface area contributed by atoms with Crippen molar-refractivity contribution in [2.45, 2.75) is 32.7 Å². The van der Waals surface area contributed by atoms with Gasteiger partial charge in [0.15, 0.2) is 0 Å². The molecule has 0 saturated heterocycles. The van der Waals surface area contributed by atoms with Crippen LogP contribution in [0.15, 0.2) is 6.07 Å². The van der Waals surface area contributed by atoms with Crippen LogP contribution in [0.2, 0.25) is 10.4 Å². The molecule has 0 amide bonds. The van der Waals surface area contributed by atoms with Gasteiger partial charge in [0, 0.05) is 11.6 Å². The highest BCUT2D eigenvalue weighted by molar-refractivity contribution is 6.32. The number of halogens is 2. The van der Waals surface area contributed by atoms with Crippen LogP contribution in [0, 0.1) is 0 Å². The van der Waals surface area contributed by atoms with Gasteiger partial charge >= 0.3 is 0 Å². The van der Waals surface area contributed by atoms with Gasteiger partial charge in [0.1, 0.15) is 11.0 Å². The Balaban J connectivity index is 2.87. The Morgan fingerprint density at radius 2 is 2.00 bits per heavy atom. The number of nitrogens with zero attached hydrogens (tertiary/aromatic N) is 2. The zero-order chi connectivity index (χ0) is 10.8. The highest BCUT2D eigenvalue weighted by Crippen LogP contribution is 2.19. The summed E-state index contributed by atoms with van der Waals surface area (Å²) in [5.74, 6) is 0.654. The summed E-state index contributed by atoms with van der Waals surface area (Å²) in [5.41, 5.74) is -0.0268. The van der Waals surface area contributed by atoms with Crippen molar-refractivity contribution in [3.63, 3.8) is 0 Å². The zero-order valence-corrected chi connectivity index (χ0v) is 9.95. The number of nitrogens with one attached hydrogen (secondary N) is 1. The minimum absolute atomic E-state index is 0.0268. The number of aromatic nitrogens is 2. The molecule has 3 nitrogen and oxygen atoms in total. The molecule has 0 aliphatic rings. The van der Waals surface area contributed by atoms with E-state index < -0.39 is 0 Å². The minimum atomic E-state index is -0.0268. The van der Waals surface area contributed by atoms with E-state index in [2.05, 4.69) is 36.1 Å². The van der Waals surface area contributed by atoms with E-state index in [1.165, 1.54) is 0 Å². The van der Waals surface area contributed by atoms with E-state index in [0.29, 0.717) is 11.0 Å². The summed E-state index contributed by atoms with van der Waals surface area (Å²) >= 11 is 11.4. The molecule has 0 spiro atoms. The highest BCUT2D eigenvalue weighted by atomic mass is 35.5. The maximum Gasteiger partial charge on any atom is 0.225 e. The molecule has 5 heteroatoms. The van der Waals surface area contributed by atoms with Crippen molar-refractivity contribution >= 4 is 29.0 Å². The summed E-state index contributed by atoms with van der Waals surface area (Å²) in [5, 5.41) is 3.74. The van der Waals surface area contributed by atoms with Crippen molar-refractivity contribution in [1.29, 1.82) is 0 Å². The van der Waals surface area contributed by atoms with E-state index in [4.69, 9.17) is 23.2 Å². The lowest BCUT2D eigenvalue weighted by molar-refractivity contribution is 0.545. The Kier molecular flexibility index (Phi) is 3.56. The molecule has 14 heavy (non-hydrogen) atoms. The van der Waals surface area contributed by atoms with Crippen LogP contribution >= 0.6 is 23.2 Å². The van der Waals surface area contributed by atoms with Crippen LogP contribution in [0.5, 0.6) is 0 Å². The number of hydrogen-bond donors (Lipinski definition) is 1. The third-order valence-electron chi connectivity index (χ3n) is 2.02. The van der Waals surface area contributed by atoms with Crippen LogP contribution in [0.25, 0.3) is 0 Å². The SMILES string of the molecule is CCC(C)(C)Nc1cc(Cl)nc(Cl)n1. The third kappa shape index (κ3) is 3.31. The van der Waals surface area contributed by atoms with Gasteiger partial charge in [0.25, 0.3) is 0 Å². The number of rotatable bonds is 3. The van der Waals surface area contributed by atoms with Crippen molar-refractivity contribution < 1.29 is 0 Å². The fourth-order valence-electron chi connectivity index (χ4n) is 0.889. The molecule has 0 radical (unpaired) electrons. The molecule has 1 N–H and O–H groups in total. The molecule has 1 aromatic heterocycles. The Hall–Kier alpha value is -0.540. The Bertz CT molecular complexity index is 306. The van der Waals surface area contributed by atoms with Crippen molar-refractivity contribution in [3.8, 4) is 0 Å². The number of hydrogen-bond acceptors (Lipinski definition) is 3. The van der Waals surface area contributed by atoms with Crippen LogP contribution < -0.4 is 5.32 Å². The summed E-state index contributed by atoms with van der Waals surface area (Å²) < 4.78 is 0. The van der Waals surface area contributed by atoms with Crippen LogP contribution in [-0.2, 0) is 0 Å². The predicted molar refractivity (Wildman–Crippen MR) is 60.0 cm³/mol. The Morgan fingerprint density at radius 3 is 2.50 bits per heavy atom. The van der Waals surface area contributed by atoms with Crippen LogP contribution in [-0.4, -0.2) is 15.5 Å². The number of anilines is 1. The average molecular weight is 234 g/mol. The van der Waals surface area contributed by atoms with E-state index in [1.807, 2.05) is 0 Å². The van der Waals surface area contributed by atoms with Gasteiger partial charge in [-0.1, -0.05) is 18.5 Å². The molecule has 78 valence electrons. The quantitative estimate of drug-likeness (QED) is 0.643. The van der Waals surface area contributed by atoms with Gasteiger partial charge in [-0.15, -0.1) is 0 Å². The van der Waals surface area contributed by atoms with E-state index in [1.54, 1.807) is 6.07 Å². The molecule has 0 unspecified atom stereocenters. The molecule has 1 heterocycles. The summed E-state index contributed by atoms with van der Waals surface area (Å²) in [6, 6.07) is 1.66. The molecule has 1 rings (SSSR count). The summed E-state index contributed by atoms with van der Waals surface area (Å²) in [7, 11) is 0. The second-order valence-electron chi connectivity index (χ2n) is 3.71. The second-order valence-corrected chi connectivity index (χ2v) is 4.43. The van der Waals surface area contributed by atoms with E-state index >= 15 is 0 Å². The monoisotopic (exact) mass is 233 g/mol. The van der Waals surface area contributed by atoms with Crippen LogP contribution in [0.3, 0.4) is 0 Å². The molecule has 0 fully saturated rings. The molecule has 1 aromatic rings. The van der Waals surface area contributed by atoms with Crippen LogP contribution in [0.4, 0.5) is 5.82 Å². The molecule has 0 aliphatic heterocycles. The van der Waals surface area contributed by atoms with Crippen molar-refractivity contribution in [2.75, 3.05) is 5.32 Å². The maximum absolute atomic E-state index is 5.75. The van der Waals surface area contributed by atoms with Gasteiger partial charge < -0.3 is 5.32 Å².